The van der Waals surface area contributed by atoms with Crippen LogP contribution in [0.3, 0.4) is 0 Å². The van der Waals surface area contributed by atoms with E-state index in [2.05, 4.69) is 34.0 Å². The van der Waals surface area contributed by atoms with Crippen molar-refractivity contribution in [1.82, 2.24) is 20.2 Å². The van der Waals surface area contributed by atoms with Crippen LogP contribution in [0.2, 0.25) is 0 Å². The third-order valence-electron chi connectivity index (χ3n) is 6.43. The van der Waals surface area contributed by atoms with Gasteiger partial charge in [-0.25, -0.2) is 4.79 Å². The number of fused-ring (bicyclic) bond motifs is 2. The lowest BCUT2D eigenvalue weighted by Gasteiger charge is -2.18. The zero-order chi connectivity index (χ0) is 23.7. The fraction of sp³-hybridized carbons (Fsp3) is 0.360. The summed E-state index contributed by atoms with van der Waals surface area (Å²) in [5.74, 6) is -1.15. The number of hydrogen-bond acceptors (Lipinski definition) is 4. The summed E-state index contributed by atoms with van der Waals surface area (Å²) in [7, 11) is 0. The van der Waals surface area contributed by atoms with Gasteiger partial charge in [0, 0.05) is 35.3 Å². The number of aryl methyl sites for hydroxylation is 1. The van der Waals surface area contributed by atoms with Crippen LogP contribution < -0.4 is 5.32 Å². The fourth-order valence-electron chi connectivity index (χ4n) is 4.69. The quantitative estimate of drug-likeness (QED) is 0.359. The number of allylic oxidation sites excluding steroid dienone is 1. The van der Waals surface area contributed by atoms with Gasteiger partial charge < -0.3 is 30.4 Å². The molecule has 5 N–H and O–H groups in total. The normalized spacial score (nSPS) is 13.3. The highest BCUT2D eigenvalue weighted by Gasteiger charge is 2.28. The molecule has 0 bridgehead atoms. The number of amides is 1. The van der Waals surface area contributed by atoms with Gasteiger partial charge in [-0.2, -0.15) is 0 Å². The predicted molar refractivity (Wildman–Crippen MR) is 128 cm³/mol. The Morgan fingerprint density at radius 3 is 2.64 bits per heavy atom. The van der Waals surface area contributed by atoms with Crippen molar-refractivity contribution >= 4 is 28.4 Å². The van der Waals surface area contributed by atoms with Gasteiger partial charge in [0.05, 0.1) is 22.4 Å². The molecule has 8 heteroatoms. The molecule has 1 amide bonds. The molecular formula is C25H30N4O4. The van der Waals surface area contributed by atoms with Crippen LogP contribution in [0.4, 0.5) is 0 Å². The standard InChI is InChI=1S/C25H30N4O4/c1-4-29(5-2)12-11-26-23(30)20-14(3)27-22-16(20)7-6-8-17(22)21-18-13-15(25(32)33)9-10-19(18)28-24(21)31/h8-10,13,27-28,31H,4-7,11-12H2,1-3H3,(H,26,30)(H,32,33). The lowest BCUT2D eigenvalue weighted by atomic mass is 9.89. The van der Waals surface area contributed by atoms with E-state index >= 15 is 0 Å². The summed E-state index contributed by atoms with van der Waals surface area (Å²) in [4.78, 5) is 33.1. The molecule has 0 aliphatic heterocycles. The molecule has 0 radical (unpaired) electrons. The number of likely N-dealkylation sites (N-methyl/N-ethyl adjacent to an activating group) is 1. The minimum atomic E-state index is -1.03. The maximum absolute atomic E-state index is 13.1. The summed E-state index contributed by atoms with van der Waals surface area (Å²) in [5.41, 5.74) is 5.27. The average Bonchev–Trinajstić information content (AvgIpc) is 3.31. The van der Waals surface area contributed by atoms with Crippen molar-refractivity contribution in [1.29, 1.82) is 0 Å². The zero-order valence-corrected chi connectivity index (χ0v) is 19.2. The minimum absolute atomic E-state index is 0.0240. The van der Waals surface area contributed by atoms with E-state index in [0.717, 1.165) is 42.2 Å². The molecule has 2 heterocycles. The van der Waals surface area contributed by atoms with E-state index in [1.54, 1.807) is 12.1 Å². The van der Waals surface area contributed by atoms with Gasteiger partial charge in [0.1, 0.15) is 0 Å². The van der Waals surface area contributed by atoms with Crippen LogP contribution in [-0.4, -0.2) is 63.1 Å². The summed E-state index contributed by atoms with van der Waals surface area (Å²) >= 11 is 0. The number of hydrogen-bond donors (Lipinski definition) is 5. The maximum Gasteiger partial charge on any atom is 0.335 e. The number of carboxylic acid groups (broad SMARTS) is 1. The van der Waals surface area contributed by atoms with Gasteiger partial charge in [-0.3, -0.25) is 4.79 Å². The van der Waals surface area contributed by atoms with E-state index in [1.807, 2.05) is 13.0 Å². The number of carbonyl (C=O) groups is 2. The second-order valence-electron chi connectivity index (χ2n) is 8.33. The van der Waals surface area contributed by atoms with Crippen LogP contribution >= 0.6 is 0 Å². The van der Waals surface area contributed by atoms with E-state index in [9.17, 15) is 19.8 Å². The molecule has 0 fully saturated rings. The second-order valence-corrected chi connectivity index (χ2v) is 8.33. The highest BCUT2D eigenvalue weighted by atomic mass is 16.4. The highest BCUT2D eigenvalue weighted by Crippen LogP contribution is 2.41. The van der Waals surface area contributed by atoms with Crippen molar-refractivity contribution in [2.75, 3.05) is 26.2 Å². The molecule has 1 aromatic carbocycles. The molecule has 0 atom stereocenters. The number of nitrogens with zero attached hydrogens (tertiary/aromatic N) is 1. The second kappa shape index (κ2) is 9.15. The van der Waals surface area contributed by atoms with Crippen molar-refractivity contribution in [3.63, 3.8) is 0 Å². The molecule has 8 nitrogen and oxygen atoms in total. The Labute approximate surface area is 192 Å². The molecule has 174 valence electrons. The van der Waals surface area contributed by atoms with Crippen LogP contribution in [0.25, 0.3) is 16.5 Å². The van der Waals surface area contributed by atoms with Gasteiger partial charge in [0.25, 0.3) is 5.91 Å². The Morgan fingerprint density at radius 1 is 1.18 bits per heavy atom. The van der Waals surface area contributed by atoms with Gasteiger partial charge in [-0.15, -0.1) is 0 Å². The molecule has 0 saturated heterocycles. The van der Waals surface area contributed by atoms with E-state index in [1.165, 1.54) is 6.07 Å². The van der Waals surface area contributed by atoms with Gasteiger partial charge in [0.15, 0.2) is 5.88 Å². The van der Waals surface area contributed by atoms with E-state index in [-0.39, 0.29) is 17.4 Å². The first-order valence-electron chi connectivity index (χ1n) is 11.4. The average molecular weight is 451 g/mol. The largest absolute Gasteiger partial charge is 0.494 e. The molecule has 4 rings (SSSR count). The van der Waals surface area contributed by atoms with Crippen LogP contribution in [0.15, 0.2) is 24.3 Å². The lowest BCUT2D eigenvalue weighted by Crippen LogP contribution is -2.35. The molecular weight excluding hydrogens is 420 g/mol. The van der Waals surface area contributed by atoms with Crippen molar-refractivity contribution < 1.29 is 19.8 Å². The first kappa shape index (κ1) is 22.7. The SMILES string of the molecule is CCN(CC)CCNC(=O)c1c(C)[nH]c2c1CCC=C2c1c(O)[nH]c2ccc(C(=O)O)cc12. The number of aromatic amines is 2. The van der Waals surface area contributed by atoms with Gasteiger partial charge >= 0.3 is 5.97 Å². The number of nitrogens with one attached hydrogen (secondary N) is 3. The number of aromatic carboxylic acids is 1. The van der Waals surface area contributed by atoms with E-state index < -0.39 is 5.97 Å². The predicted octanol–water partition coefficient (Wildman–Crippen LogP) is 3.66. The van der Waals surface area contributed by atoms with Gasteiger partial charge in [-0.1, -0.05) is 19.9 Å². The maximum atomic E-state index is 13.1. The number of aromatic hydroxyl groups is 1. The Balaban J connectivity index is 1.69. The number of H-pyrrole nitrogens is 2. The molecule has 1 aliphatic rings. The Morgan fingerprint density at radius 2 is 1.94 bits per heavy atom. The molecule has 0 unspecified atom stereocenters. The van der Waals surface area contributed by atoms with Crippen molar-refractivity contribution in [2.45, 2.75) is 33.6 Å². The summed E-state index contributed by atoms with van der Waals surface area (Å²) in [6.07, 6.45) is 3.45. The summed E-state index contributed by atoms with van der Waals surface area (Å²) in [6, 6.07) is 4.72. The van der Waals surface area contributed by atoms with Crippen molar-refractivity contribution in [2.24, 2.45) is 0 Å². The third kappa shape index (κ3) is 4.14. The van der Waals surface area contributed by atoms with Crippen LogP contribution in [0.1, 0.15) is 63.5 Å². The summed E-state index contributed by atoms with van der Waals surface area (Å²) in [6.45, 7) is 9.34. The number of carbonyl (C=O) groups excluding carboxylic acids is 1. The van der Waals surface area contributed by atoms with Gasteiger partial charge in [-0.05, 0) is 56.6 Å². The zero-order valence-electron chi connectivity index (χ0n) is 19.2. The smallest absolute Gasteiger partial charge is 0.335 e. The summed E-state index contributed by atoms with van der Waals surface area (Å²) < 4.78 is 0. The van der Waals surface area contributed by atoms with E-state index in [0.29, 0.717) is 41.4 Å². The third-order valence-corrected chi connectivity index (χ3v) is 6.43. The molecule has 33 heavy (non-hydrogen) atoms. The number of aromatic nitrogens is 2. The number of carboxylic acids is 1. The Kier molecular flexibility index (Phi) is 6.29. The van der Waals surface area contributed by atoms with Crippen molar-refractivity contribution in [3.05, 3.63) is 57.9 Å². The molecule has 0 saturated carbocycles. The lowest BCUT2D eigenvalue weighted by molar-refractivity contribution is 0.0696. The first-order chi connectivity index (χ1) is 15.8. The Hall–Kier alpha value is -3.52. The van der Waals surface area contributed by atoms with Crippen LogP contribution in [0.5, 0.6) is 5.88 Å². The number of benzene rings is 1. The Bertz CT molecular complexity index is 1250. The highest BCUT2D eigenvalue weighted by molar-refractivity contribution is 6.05. The fourth-order valence-corrected chi connectivity index (χ4v) is 4.69. The monoisotopic (exact) mass is 450 g/mol. The van der Waals surface area contributed by atoms with Gasteiger partial charge in [0.2, 0.25) is 0 Å². The van der Waals surface area contributed by atoms with Crippen LogP contribution in [0, 0.1) is 6.92 Å². The van der Waals surface area contributed by atoms with Crippen molar-refractivity contribution in [3.8, 4) is 5.88 Å². The molecule has 3 aromatic rings. The van der Waals surface area contributed by atoms with E-state index in [4.69, 9.17) is 0 Å². The van der Waals surface area contributed by atoms with Crippen LogP contribution in [-0.2, 0) is 6.42 Å². The summed E-state index contributed by atoms with van der Waals surface area (Å²) in [5, 5.41) is 23.8. The molecule has 1 aliphatic carbocycles. The topological polar surface area (TPSA) is 121 Å². The molecule has 2 aromatic heterocycles. The number of rotatable bonds is 8. The minimum Gasteiger partial charge on any atom is -0.494 e. The first-order valence-corrected chi connectivity index (χ1v) is 11.4. The molecule has 0 spiro atoms.